The average molecular weight is 421 g/mol. The van der Waals surface area contributed by atoms with Gasteiger partial charge < -0.3 is 20.7 Å². The highest BCUT2D eigenvalue weighted by Crippen LogP contribution is 2.28. The van der Waals surface area contributed by atoms with Crippen molar-refractivity contribution in [3.05, 3.63) is 60.0 Å². The number of hydrogen-bond acceptors (Lipinski definition) is 7. The molecule has 0 aliphatic carbocycles. The highest BCUT2D eigenvalue weighted by molar-refractivity contribution is 5.94. The quantitative estimate of drug-likeness (QED) is 0.487. The number of amides is 1. The number of carbonyl (C=O) groups is 1. The SMILES string of the molecule is CCNc1ccc(-c2cc(NC[C@@H](C)c3ccc(C(=O)NC)cc3OC)ncn2)cn1. The Morgan fingerprint density at radius 2 is 1.90 bits per heavy atom. The normalized spacial score (nSPS) is 11.5. The van der Waals surface area contributed by atoms with Crippen LogP contribution >= 0.6 is 0 Å². The van der Waals surface area contributed by atoms with Gasteiger partial charge in [0.05, 0.1) is 12.8 Å². The summed E-state index contributed by atoms with van der Waals surface area (Å²) in [5.74, 6) is 2.24. The molecule has 1 amide bonds. The van der Waals surface area contributed by atoms with E-state index in [1.807, 2.05) is 31.2 Å². The lowest BCUT2D eigenvalue weighted by molar-refractivity contribution is 0.0962. The van der Waals surface area contributed by atoms with Gasteiger partial charge in [0.1, 0.15) is 23.7 Å². The van der Waals surface area contributed by atoms with Crippen LogP contribution in [0, 0.1) is 0 Å². The predicted molar refractivity (Wildman–Crippen MR) is 123 cm³/mol. The highest BCUT2D eigenvalue weighted by Gasteiger charge is 2.15. The van der Waals surface area contributed by atoms with Gasteiger partial charge in [-0.3, -0.25) is 4.79 Å². The van der Waals surface area contributed by atoms with Gasteiger partial charge in [0.2, 0.25) is 0 Å². The molecule has 0 aliphatic rings. The van der Waals surface area contributed by atoms with E-state index in [4.69, 9.17) is 4.74 Å². The van der Waals surface area contributed by atoms with Crippen molar-refractivity contribution in [2.75, 3.05) is 37.9 Å². The van der Waals surface area contributed by atoms with Crippen molar-refractivity contribution in [2.24, 2.45) is 0 Å². The third-order valence-electron chi connectivity index (χ3n) is 4.93. The summed E-state index contributed by atoms with van der Waals surface area (Å²) in [6.07, 6.45) is 3.34. The molecule has 0 aliphatic heterocycles. The van der Waals surface area contributed by atoms with Crippen molar-refractivity contribution < 1.29 is 9.53 Å². The Morgan fingerprint density at radius 3 is 2.58 bits per heavy atom. The fraction of sp³-hybridized carbons (Fsp3) is 0.304. The second kappa shape index (κ2) is 10.4. The van der Waals surface area contributed by atoms with Crippen LogP contribution in [0.25, 0.3) is 11.3 Å². The molecule has 3 rings (SSSR count). The van der Waals surface area contributed by atoms with Crippen molar-refractivity contribution in [1.82, 2.24) is 20.3 Å². The molecule has 2 aromatic heterocycles. The molecule has 0 spiro atoms. The smallest absolute Gasteiger partial charge is 0.251 e. The Morgan fingerprint density at radius 1 is 1.06 bits per heavy atom. The van der Waals surface area contributed by atoms with Gasteiger partial charge >= 0.3 is 0 Å². The zero-order valence-corrected chi connectivity index (χ0v) is 18.3. The van der Waals surface area contributed by atoms with Gasteiger partial charge in [0, 0.05) is 49.4 Å². The Balaban J connectivity index is 1.70. The third kappa shape index (κ3) is 5.48. The summed E-state index contributed by atoms with van der Waals surface area (Å²) in [5, 5.41) is 9.17. The molecule has 0 bridgehead atoms. The standard InChI is InChI=1S/C23H28N6O2/c1-5-25-21-9-7-17(13-27-21)19-11-22(29-14-28-19)26-12-15(2)18-8-6-16(23(30)24-3)10-20(18)31-4/h6-11,13-15H,5,12H2,1-4H3,(H,24,30)(H,25,27)(H,26,28,29)/t15-/m1/s1. The molecular weight excluding hydrogens is 392 g/mol. The van der Waals surface area contributed by atoms with E-state index in [-0.39, 0.29) is 11.8 Å². The topological polar surface area (TPSA) is 101 Å². The maximum atomic E-state index is 11.9. The number of ether oxygens (including phenoxy) is 1. The zero-order valence-electron chi connectivity index (χ0n) is 18.3. The second-order valence-electron chi connectivity index (χ2n) is 7.07. The van der Waals surface area contributed by atoms with Gasteiger partial charge in [-0.2, -0.15) is 0 Å². The van der Waals surface area contributed by atoms with Crippen LogP contribution in [0.1, 0.15) is 35.7 Å². The van der Waals surface area contributed by atoms with Crippen LogP contribution in [-0.4, -0.2) is 48.1 Å². The van der Waals surface area contributed by atoms with Crippen LogP contribution in [-0.2, 0) is 0 Å². The maximum absolute atomic E-state index is 11.9. The fourth-order valence-electron chi connectivity index (χ4n) is 3.21. The second-order valence-corrected chi connectivity index (χ2v) is 7.07. The molecule has 8 heteroatoms. The van der Waals surface area contributed by atoms with E-state index in [0.29, 0.717) is 17.9 Å². The van der Waals surface area contributed by atoms with Gasteiger partial charge in [0.15, 0.2) is 0 Å². The van der Waals surface area contributed by atoms with E-state index < -0.39 is 0 Å². The van der Waals surface area contributed by atoms with Crippen LogP contribution in [0.3, 0.4) is 0 Å². The Kier molecular flexibility index (Phi) is 7.37. The first kappa shape index (κ1) is 22.0. The van der Waals surface area contributed by atoms with Crippen molar-refractivity contribution in [1.29, 1.82) is 0 Å². The molecule has 31 heavy (non-hydrogen) atoms. The zero-order chi connectivity index (χ0) is 22.2. The minimum Gasteiger partial charge on any atom is -0.496 e. The average Bonchev–Trinajstić information content (AvgIpc) is 2.82. The van der Waals surface area contributed by atoms with Gasteiger partial charge in [-0.25, -0.2) is 15.0 Å². The van der Waals surface area contributed by atoms with E-state index >= 15 is 0 Å². The van der Waals surface area contributed by atoms with Gasteiger partial charge in [-0.1, -0.05) is 13.0 Å². The number of anilines is 2. The minimum atomic E-state index is -0.142. The fourth-order valence-corrected chi connectivity index (χ4v) is 3.21. The number of pyridine rings is 1. The molecule has 1 aromatic carbocycles. The molecule has 0 saturated carbocycles. The Labute approximate surface area is 182 Å². The van der Waals surface area contributed by atoms with Crippen LogP contribution < -0.4 is 20.7 Å². The van der Waals surface area contributed by atoms with Crippen molar-refractivity contribution in [3.8, 4) is 17.0 Å². The minimum absolute atomic E-state index is 0.133. The summed E-state index contributed by atoms with van der Waals surface area (Å²) < 4.78 is 5.51. The van der Waals surface area contributed by atoms with Crippen LogP contribution in [0.2, 0.25) is 0 Å². The molecule has 1 atom stereocenters. The lowest BCUT2D eigenvalue weighted by Gasteiger charge is -2.17. The number of aromatic nitrogens is 3. The summed E-state index contributed by atoms with van der Waals surface area (Å²) in [6, 6.07) is 11.3. The van der Waals surface area contributed by atoms with E-state index in [2.05, 4.69) is 37.8 Å². The molecule has 2 heterocycles. The number of rotatable bonds is 9. The highest BCUT2D eigenvalue weighted by atomic mass is 16.5. The number of methoxy groups -OCH3 is 1. The Bertz CT molecular complexity index is 1020. The third-order valence-corrected chi connectivity index (χ3v) is 4.93. The van der Waals surface area contributed by atoms with Crippen LogP contribution in [0.5, 0.6) is 5.75 Å². The largest absolute Gasteiger partial charge is 0.496 e. The number of benzene rings is 1. The van der Waals surface area contributed by atoms with Gasteiger partial charge in [-0.15, -0.1) is 0 Å². The van der Waals surface area contributed by atoms with Crippen molar-refractivity contribution in [2.45, 2.75) is 19.8 Å². The Hall–Kier alpha value is -3.68. The summed E-state index contributed by atoms with van der Waals surface area (Å²) in [4.78, 5) is 25.0. The summed E-state index contributed by atoms with van der Waals surface area (Å²) in [7, 11) is 3.22. The summed E-state index contributed by atoms with van der Waals surface area (Å²) in [5.41, 5.74) is 3.30. The first-order valence-corrected chi connectivity index (χ1v) is 10.2. The van der Waals surface area contributed by atoms with E-state index in [0.717, 1.165) is 35.0 Å². The molecule has 0 saturated heterocycles. The van der Waals surface area contributed by atoms with Crippen LogP contribution in [0.15, 0.2) is 48.9 Å². The van der Waals surface area contributed by atoms with Gasteiger partial charge in [-0.05, 0) is 36.8 Å². The molecule has 8 nitrogen and oxygen atoms in total. The molecule has 3 aromatic rings. The summed E-state index contributed by atoms with van der Waals surface area (Å²) >= 11 is 0. The number of carbonyl (C=O) groups excluding carboxylic acids is 1. The van der Waals surface area contributed by atoms with E-state index in [9.17, 15) is 4.79 Å². The lowest BCUT2D eigenvalue weighted by atomic mass is 9.98. The molecule has 0 fully saturated rings. The van der Waals surface area contributed by atoms with E-state index in [1.165, 1.54) is 0 Å². The molecule has 0 unspecified atom stereocenters. The van der Waals surface area contributed by atoms with Crippen molar-refractivity contribution >= 4 is 17.5 Å². The van der Waals surface area contributed by atoms with Crippen LogP contribution in [0.4, 0.5) is 11.6 Å². The van der Waals surface area contributed by atoms with E-state index in [1.54, 1.807) is 38.8 Å². The number of nitrogens with zero attached hydrogens (tertiary/aromatic N) is 3. The number of hydrogen-bond donors (Lipinski definition) is 3. The number of nitrogens with one attached hydrogen (secondary N) is 3. The maximum Gasteiger partial charge on any atom is 0.251 e. The molecular formula is C23H28N6O2. The lowest BCUT2D eigenvalue weighted by Crippen LogP contribution is -2.18. The molecule has 0 radical (unpaired) electrons. The molecule has 3 N–H and O–H groups in total. The first-order chi connectivity index (χ1) is 15.0. The summed E-state index contributed by atoms with van der Waals surface area (Å²) in [6.45, 7) is 5.59. The first-order valence-electron chi connectivity index (χ1n) is 10.2. The predicted octanol–water partition coefficient (Wildman–Crippen LogP) is 3.55. The monoisotopic (exact) mass is 420 g/mol. The van der Waals surface area contributed by atoms with Crippen molar-refractivity contribution in [3.63, 3.8) is 0 Å². The van der Waals surface area contributed by atoms with Gasteiger partial charge in [0.25, 0.3) is 5.91 Å². The molecule has 162 valence electrons.